The Hall–Kier alpha value is -1.42. The van der Waals surface area contributed by atoms with E-state index in [0.717, 1.165) is 16.2 Å². The van der Waals surface area contributed by atoms with Gasteiger partial charge in [-0.05, 0) is 38.0 Å². The maximum Gasteiger partial charge on any atom is 0.195 e. The molecule has 4 heteroatoms. The van der Waals surface area contributed by atoms with E-state index in [2.05, 4.69) is 46.0 Å². The van der Waals surface area contributed by atoms with Crippen molar-refractivity contribution in [1.82, 2.24) is 14.8 Å². The predicted molar refractivity (Wildman–Crippen MR) is 65.9 cm³/mol. The lowest BCUT2D eigenvalue weighted by Gasteiger charge is -2.05. The van der Waals surface area contributed by atoms with E-state index in [1.807, 2.05) is 0 Å². The van der Waals surface area contributed by atoms with E-state index in [0.29, 0.717) is 6.04 Å². The molecular formula is C12H13N3S. The van der Waals surface area contributed by atoms with Crippen LogP contribution in [-0.4, -0.2) is 14.8 Å². The van der Waals surface area contributed by atoms with E-state index in [1.54, 1.807) is 0 Å². The minimum atomic E-state index is 0.557. The zero-order valence-electron chi connectivity index (χ0n) is 9.10. The summed E-state index contributed by atoms with van der Waals surface area (Å²) < 4.78 is 2.88. The number of aryl methyl sites for hydroxylation is 1. The van der Waals surface area contributed by atoms with Crippen molar-refractivity contribution in [2.45, 2.75) is 25.8 Å². The number of hydrogen-bond donors (Lipinski definition) is 1. The first-order valence-electron chi connectivity index (χ1n) is 5.49. The number of hydrogen-bond acceptors (Lipinski definition) is 2. The van der Waals surface area contributed by atoms with Crippen molar-refractivity contribution < 1.29 is 0 Å². The van der Waals surface area contributed by atoms with Gasteiger partial charge in [0.15, 0.2) is 10.6 Å². The first-order valence-corrected chi connectivity index (χ1v) is 5.90. The predicted octanol–water partition coefficient (Wildman–Crippen LogP) is 3.25. The highest BCUT2D eigenvalue weighted by Gasteiger charge is 2.27. The molecule has 1 N–H and O–H groups in total. The molecule has 16 heavy (non-hydrogen) atoms. The van der Waals surface area contributed by atoms with Crippen molar-refractivity contribution in [1.29, 1.82) is 0 Å². The quantitative estimate of drug-likeness (QED) is 0.805. The van der Waals surface area contributed by atoms with E-state index in [4.69, 9.17) is 12.2 Å². The number of aromatic amines is 1. The summed E-state index contributed by atoms with van der Waals surface area (Å²) in [4.78, 5) is 0. The van der Waals surface area contributed by atoms with Crippen molar-refractivity contribution in [3.8, 4) is 11.4 Å². The Bertz CT molecular complexity index is 578. The molecule has 1 aromatic carbocycles. The molecule has 0 radical (unpaired) electrons. The summed E-state index contributed by atoms with van der Waals surface area (Å²) in [5, 5.41) is 7.23. The zero-order valence-corrected chi connectivity index (χ0v) is 9.92. The normalized spacial score (nSPS) is 15.3. The molecule has 0 spiro atoms. The van der Waals surface area contributed by atoms with Crippen LogP contribution in [0.1, 0.15) is 24.4 Å². The molecule has 82 valence electrons. The number of nitrogens with zero attached hydrogens (tertiary/aromatic N) is 2. The average molecular weight is 231 g/mol. The average Bonchev–Trinajstić information content (AvgIpc) is 3.02. The molecule has 2 aromatic rings. The third-order valence-electron chi connectivity index (χ3n) is 2.89. The van der Waals surface area contributed by atoms with Gasteiger partial charge < -0.3 is 0 Å². The molecular weight excluding hydrogens is 218 g/mol. The third kappa shape index (κ3) is 1.59. The second kappa shape index (κ2) is 3.56. The van der Waals surface area contributed by atoms with Crippen LogP contribution in [0, 0.1) is 11.7 Å². The Balaban J connectivity index is 2.16. The molecule has 3 nitrogen and oxygen atoms in total. The van der Waals surface area contributed by atoms with Gasteiger partial charge in [0, 0.05) is 11.6 Å². The van der Waals surface area contributed by atoms with Crippen LogP contribution in [0.5, 0.6) is 0 Å². The van der Waals surface area contributed by atoms with Crippen molar-refractivity contribution in [2.24, 2.45) is 0 Å². The van der Waals surface area contributed by atoms with Gasteiger partial charge in [0.1, 0.15) is 0 Å². The van der Waals surface area contributed by atoms with E-state index in [1.165, 1.54) is 18.4 Å². The molecule has 0 unspecified atom stereocenters. The molecule has 3 rings (SSSR count). The van der Waals surface area contributed by atoms with E-state index < -0.39 is 0 Å². The van der Waals surface area contributed by atoms with Gasteiger partial charge >= 0.3 is 0 Å². The van der Waals surface area contributed by atoms with Crippen LogP contribution in [-0.2, 0) is 0 Å². The first kappa shape index (κ1) is 9.78. The lowest BCUT2D eigenvalue weighted by molar-refractivity contribution is 0.735. The van der Waals surface area contributed by atoms with Crippen LogP contribution in [0.25, 0.3) is 11.4 Å². The topological polar surface area (TPSA) is 33.6 Å². The molecule has 0 aliphatic heterocycles. The summed E-state index contributed by atoms with van der Waals surface area (Å²) in [6.07, 6.45) is 2.43. The van der Waals surface area contributed by atoms with Crippen LogP contribution in [0.15, 0.2) is 24.3 Å². The van der Waals surface area contributed by atoms with Crippen LogP contribution < -0.4 is 0 Å². The maximum absolute atomic E-state index is 5.27. The number of aromatic nitrogens is 3. The first-order chi connectivity index (χ1) is 7.75. The Morgan fingerprint density at radius 1 is 1.44 bits per heavy atom. The number of nitrogens with one attached hydrogen (secondary N) is 1. The van der Waals surface area contributed by atoms with Gasteiger partial charge in [-0.1, -0.05) is 23.8 Å². The van der Waals surface area contributed by atoms with Crippen LogP contribution in [0.3, 0.4) is 0 Å². The van der Waals surface area contributed by atoms with Gasteiger partial charge in [-0.25, -0.2) is 0 Å². The minimum absolute atomic E-state index is 0.557. The maximum atomic E-state index is 5.27. The van der Waals surface area contributed by atoms with Crippen molar-refractivity contribution >= 4 is 12.2 Å². The SMILES string of the molecule is Cc1cccc(-c2n[nH]c(=S)n2C2CC2)c1. The Morgan fingerprint density at radius 3 is 2.94 bits per heavy atom. The Kier molecular flexibility index (Phi) is 2.17. The molecule has 1 aromatic heterocycles. The van der Waals surface area contributed by atoms with Crippen molar-refractivity contribution in [2.75, 3.05) is 0 Å². The summed E-state index contributed by atoms with van der Waals surface area (Å²) in [5.41, 5.74) is 2.38. The van der Waals surface area contributed by atoms with Crippen molar-refractivity contribution in [3.63, 3.8) is 0 Å². The van der Waals surface area contributed by atoms with Crippen LogP contribution in [0.2, 0.25) is 0 Å². The van der Waals surface area contributed by atoms with Gasteiger partial charge in [0.2, 0.25) is 0 Å². The van der Waals surface area contributed by atoms with E-state index in [9.17, 15) is 0 Å². The largest absolute Gasteiger partial charge is 0.297 e. The van der Waals surface area contributed by atoms with Gasteiger partial charge in [-0.15, -0.1) is 0 Å². The Morgan fingerprint density at radius 2 is 2.25 bits per heavy atom. The highest BCUT2D eigenvalue weighted by molar-refractivity contribution is 7.71. The molecule has 1 aliphatic carbocycles. The van der Waals surface area contributed by atoms with Gasteiger partial charge in [-0.2, -0.15) is 5.10 Å². The zero-order chi connectivity index (χ0) is 11.1. The second-order valence-corrected chi connectivity index (χ2v) is 4.71. The third-order valence-corrected chi connectivity index (χ3v) is 3.18. The van der Waals surface area contributed by atoms with Crippen LogP contribution in [0.4, 0.5) is 0 Å². The summed E-state index contributed by atoms with van der Waals surface area (Å²) >= 11 is 5.27. The van der Waals surface area contributed by atoms with Crippen molar-refractivity contribution in [3.05, 3.63) is 34.6 Å². The van der Waals surface area contributed by atoms with Crippen LogP contribution >= 0.6 is 12.2 Å². The Labute approximate surface area is 99.1 Å². The summed E-state index contributed by atoms with van der Waals surface area (Å²) in [6, 6.07) is 8.92. The molecule has 0 bridgehead atoms. The lowest BCUT2D eigenvalue weighted by Crippen LogP contribution is -1.97. The molecule has 0 saturated heterocycles. The smallest absolute Gasteiger partial charge is 0.195 e. The standard InChI is InChI=1S/C12H13N3S/c1-8-3-2-4-9(7-8)11-13-14-12(16)15(11)10-5-6-10/h2-4,7,10H,5-6H2,1H3,(H,14,16). The molecule has 1 heterocycles. The highest BCUT2D eigenvalue weighted by Crippen LogP contribution is 2.38. The summed E-state index contributed by atoms with van der Waals surface area (Å²) in [7, 11) is 0. The van der Waals surface area contributed by atoms with E-state index >= 15 is 0 Å². The van der Waals surface area contributed by atoms with Gasteiger partial charge in [0.25, 0.3) is 0 Å². The fourth-order valence-corrected chi connectivity index (χ4v) is 2.25. The molecule has 1 fully saturated rings. The molecule has 1 saturated carbocycles. The second-order valence-electron chi connectivity index (χ2n) is 4.32. The highest BCUT2D eigenvalue weighted by atomic mass is 32.1. The van der Waals surface area contributed by atoms with Gasteiger partial charge in [-0.3, -0.25) is 9.67 Å². The fourth-order valence-electron chi connectivity index (χ4n) is 1.96. The van der Waals surface area contributed by atoms with Gasteiger partial charge in [0.05, 0.1) is 0 Å². The fraction of sp³-hybridized carbons (Fsp3) is 0.333. The molecule has 0 amide bonds. The van der Waals surface area contributed by atoms with E-state index in [-0.39, 0.29) is 0 Å². The lowest BCUT2D eigenvalue weighted by atomic mass is 10.1. The number of rotatable bonds is 2. The minimum Gasteiger partial charge on any atom is -0.297 e. The number of benzene rings is 1. The monoisotopic (exact) mass is 231 g/mol. The summed E-state index contributed by atoms with van der Waals surface area (Å²) in [6.45, 7) is 2.09. The molecule has 0 atom stereocenters. The molecule has 1 aliphatic rings. The summed E-state index contributed by atoms with van der Waals surface area (Å²) in [5.74, 6) is 0.969. The number of H-pyrrole nitrogens is 1.